The Morgan fingerprint density at radius 3 is 2.19 bits per heavy atom. The highest BCUT2D eigenvalue weighted by Gasteiger charge is 2.38. The number of nitrogens with two attached hydrogens (primary N) is 2. The number of amides is 4. The van der Waals surface area contributed by atoms with Gasteiger partial charge in [-0.15, -0.1) is 0 Å². The van der Waals surface area contributed by atoms with Gasteiger partial charge in [-0.2, -0.15) is 0 Å². The third-order valence-electron chi connectivity index (χ3n) is 6.78. The van der Waals surface area contributed by atoms with Gasteiger partial charge in [-0.3, -0.25) is 19.2 Å². The van der Waals surface area contributed by atoms with Gasteiger partial charge in [0.2, 0.25) is 23.6 Å². The summed E-state index contributed by atoms with van der Waals surface area (Å²) in [6, 6.07) is -3.10. The molecule has 2 aliphatic rings. The molecule has 0 spiro atoms. The normalized spacial score (nSPS) is 20.8. The molecular formula is C24H43N7O6. The van der Waals surface area contributed by atoms with Crippen molar-refractivity contribution in [2.75, 3.05) is 32.7 Å². The van der Waals surface area contributed by atoms with Crippen molar-refractivity contribution < 1.29 is 29.1 Å². The van der Waals surface area contributed by atoms with Crippen molar-refractivity contribution >= 4 is 29.6 Å². The second-order valence-electron chi connectivity index (χ2n) is 9.64. The molecule has 0 unspecified atom stereocenters. The number of carbonyl (C=O) groups excluding carboxylic acids is 4. The summed E-state index contributed by atoms with van der Waals surface area (Å²) < 4.78 is 0. The van der Waals surface area contributed by atoms with E-state index in [-0.39, 0.29) is 18.5 Å². The lowest BCUT2D eigenvalue weighted by Gasteiger charge is -2.29. The molecule has 0 saturated carbocycles. The SMILES string of the molecule is NCCCC[C@H](NC(=O)CNC(=O)[C@@H]1CCCN1)C(=O)N[C@@H](CCCCN)C(=O)N1CCC[C@H]1C(=O)O. The number of likely N-dealkylation sites (tertiary alicyclic amines) is 1. The quantitative estimate of drug-likeness (QED) is 0.113. The molecule has 0 bridgehead atoms. The van der Waals surface area contributed by atoms with Crippen LogP contribution >= 0.6 is 0 Å². The van der Waals surface area contributed by atoms with Crippen LogP contribution in [0.15, 0.2) is 0 Å². The molecule has 0 aliphatic carbocycles. The Morgan fingerprint density at radius 2 is 1.59 bits per heavy atom. The molecule has 0 aromatic carbocycles. The number of nitrogens with one attached hydrogen (secondary N) is 4. The highest BCUT2D eigenvalue weighted by molar-refractivity contribution is 5.94. The van der Waals surface area contributed by atoms with Crippen molar-refractivity contribution in [1.82, 2.24) is 26.2 Å². The molecule has 2 saturated heterocycles. The molecule has 9 N–H and O–H groups in total. The monoisotopic (exact) mass is 525 g/mol. The van der Waals surface area contributed by atoms with E-state index < -0.39 is 41.8 Å². The lowest BCUT2D eigenvalue weighted by molar-refractivity contribution is -0.149. The summed E-state index contributed by atoms with van der Waals surface area (Å²) in [6.07, 6.45) is 5.59. The number of rotatable bonds is 16. The maximum absolute atomic E-state index is 13.3. The van der Waals surface area contributed by atoms with Gasteiger partial charge in [-0.1, -0.05) is 0 Å². The zero-order valence-corrected chi connectivity index (χ0v) is 21.5. The fourth-order valence-electron chi connectivity index (χ4n) is 4.72. The first kappa shape index (κ1) is 30.5. The average molecular weight is 526 g/mol. The smallest absolute Gasteiger partial charge is 0.326 e. The van der Waals surface area contributed by atoms with Gasteiger partial charge in [0.25, 0.3) is 0 Å². The van der Waals surface area contributed by atoms with Crippen LogP contribution in [0, 0.1) is 0 Å². The van der Waals surface area contributed by atoms with Gasteiger partial charge in [0.05, 0.1) is 12.6 Å². The Hall–Kier alpha value is -2.77. The van der Waals surface area contributed by atoms with Gasteiger partial charge in [0.1, 0.15) is 18.1 Å². The standard InChI is InChI=1S/C24H43N7O6/c25-11-3-1-7-17(29-20(32)15-28-21(33)16-9-5-13-27-16)22(34)30-18(8-2-4-12-26)23(35)31-14-6-10-19(31)24(36)37/h16-19,27H,1-15,25-26H2,(H,28,33)(H,29,32)(H,30,34)(H,36,37)/t16-,17-,18-,19-/m0/s1. The van der Waals surface area contributed by atoms with E-state index in [9.17, 15) is 29.1 Å². The molecule has 210 valence electrons. The lowest BCUT2D eigenvalue weighted by atomic mass is 10.0. The van der Waals surface area contributed by atoms with Crippen molar-refractivity contribution in [3.63, 3.8) is 0 Å². The Kier molecular flexibility index (Phi) is 13.3. The third-order valence-corrected chi connectivity index (χ3v) is 6.78. The fraction of sp³-hybridized carbons (Fsp3) is 0.792. The van der Waals surface area contributed by atoms with Crippen LogP contribution in [-0.4, -0.2) is 96.5 Å². The second-order valence-corrected chi connectivity index (χ2v) is 9.64. The van der Waals surface area contributed by atoms with Crippen LogP contribution in [0.5, 0.6) is 0 Å². The van der Waals surface area contributed by atoms with Crippen LogP contribution in [0.2, 0.25) is 0 Å². The van der Waals surface area contributed by atoms with E-state index in [0.29, 0.717) is 77.4 Å². The number of nitrogens with zero attached hydrogens (tertiary/aromatic N) is 1. The van der Waals surface area contributed by atoms with Crippen LogP contribution in [0.3, 0.4) is 0 Å². The molecule has 0 aromatic heterocycles. The van der Waals surface area contributed by atoms with E-state index in [1.54, 1.807) is 0 Å². The Balaban J connectivity index is 2.03. The van der Waals surface area contributed by atoms with Gasteiger partial charge in [-0.25, -0.2) is 4.79 Å². The maximum Gasteiger partial charge on any atom is 0.326 e. The highest BCUT2D eigenvalue weighted by Crippen LogP contribution is 2.20. The molecule has 0 aromatic rings. The van der Waals surface area contributed by atoms with E-state index in [1.807, 2.05) is 0 Å². The van der Waals surface area contributed by atoms with Gasteiger partial charge in [0.15, 0.2) is 0 Å². The van der Waals surface area contributed by atoms with Crippen LogP contribution in [0.1, 0.15) is 64.2 Å². The number of carboxylic acids is 1. The number of aliphatic carboxylic acids is 1. The van der Waals surface area contributed by atoms with Gasteiger partial charge >= 0.3 is 5.97 Å². The lowest BCUT2D eigenvalue weighted by Crippen LogP contribution is -2.56. The average Bonchev–Trinajstić information content (AvgIpc) is 3.58. The van der Waals surface area contributed by atoms with Gasteiger partial charge in [-0.05, 0) is 83.8 Å². The minimum atomic E-state index is -1.07. The molecule has 2 heterocycles. The number of unbranched alkanes of at least 4 members (excludes halogenated alkanes) is 2. The first-order valence-corrected chi connectivity index (χ1v) is 13.3. The molecule has 4 atom stereocenters. The fourth-order valence-corrected chi connectivity index (χ4v) is 4.72. The number of carbonyl (C=O) groups is 5. The summed E-state index contributed by atoms with van der Waals surface area (Å²) in [5.74, 6) is -2.83. The Bertz CT molecular complexity index is 790. The first-order valence-electron chi connectivity index (χ1n) is 13.3. The molecule has 37 heavy (non-hydrogen) atoms. The minimum Gasteiger partial charge on any atom is -0.480 e. The minimum absolute atomic E-state index is 0.263. The van der Waals surface area contributed by atoms with Crippen LogP contribution in [0.4, 0.5) is 0 Å². The van der Waals surface area contributed by atoms with Crippen molar-refractivity contribution in [1.29, 1.82) is 0 Å². The van der Waals surface area contributed by atoms with Gasteiger partial charge < -0.3 is 42.7 Å². The van der Waals surface area contributed by atoms with Crippen LogP contribution in [0.25, 0.3) is 0 Å². The van der Waals surface area contributed by atoms with E-state index in [4.69, 9.17) is 11.5 Å². The number of hydrogen-bond acceptors (Lipinski definition) is 8. The summed E-state index contributed by atoms with van der Waals surface area (Å²) in [6.45, 7) is 1.65. The van der Waals surface area contributed by atoms with E-state index in [1.165, 1.54) is 4.90 Å². The zero-order chi connectivity index (χ0) is 27.2. The van der Waals surface area contributed by atoms with Crippen LogP contribution in [-0.2, 0) is 24.0 Å². The van der Waals surface area contributed by atoms with Crippen molar-refractivity contribution in [3.8, 4) is 0 Å². The Morgan fingerprint density at radius 1 is 0.919 bits per heavy atom. The molecule has 2 rings (SSSR count). The molecular weight excluding hydrogens is 482 g/mol. The van der Waals surface area contributed by atoms with Gasteiger partial charge in [0, 0.05) is 6.54 Å². The summed E-state index contributed by atoms with van der Waals surface area (Å²) in [5.41, 5.74) is 11.2. The first-order chi connectivity index (χ1) is 17.8. The van der Waals surface area contributed by atoms with E-state index >= 15 is 0 Å². The van der Waals surface area contributed by atoms with Crippen molar-refractivity contribution in [3.05, 3.63) is 0 Å². The maximum atomic E-state index is 13.3. The van der Waals surface area contributed by atoms with Crippen LogP contribution < -0.4 is 32.7 Å². The third kappa shape index (κ3) is 9.90. The largest absolute Gasteiger partial charge is 0.480 e. The summed E-state index contributed by atoms with van der Waals surface area (Å²) in [7, 11) is 0. The number of hydrogen-bond donors (Lipinski definition) is 7. The summed E-state index contributed by atoms with van der Waals surface area (Å²) in [4.78, 5) is 64.2. The molecule has 2 aliphatic heterocycles. The van der Waals surface area contributed by atoms with E-state index in [0.717, 1.165) is 13.0 Å². The second kappa shape index (κ2) is 16.2. The van der Waals surface area contributed by atoms with E-state index in [2.05, 4.69) is 21.3 Å². The highest BCUT2D eigenvalue weighted by atomic mass is 16.4. The molecule has 13 heteroatoms. The van der Waals surface area contributed by atoms with Crippen molar-refractivity contribution in [2.24, 2.45) is 11.5 Å². The summed E-state index contributed by atoms with van der Waals surface area (Å²) in [5, 5.41) is 20.5. The topological polar surface area (TPSA) is 209 Å². The molecule has 0 radical (unpaired) electrons. The van der Waals surface area contributed by atoms with Crippen molar-refractivity contribution in [2.45, 2.75) is 88.4 Å². The number of carboxylic acid groups (broad SMARTS) is 1. The molecule has 2 fully saturated rings. The summed E-state index contributed by atoms with van der Waals surface area (Å²) >= 11 is 0. The molecule has 13 nitrogen and oxygen atoms in total. The predicted octanol–water partition coefficient (Wildman–Crippen LogP) is -1.84. The zero-order valence-electron chi connectivity index (χ0n) is 21.5. The Labute approximate surface area is 217 Å². The molecule has 4 amide bonds. The predicted molar refractivity (Wildman–Crippen MR) is 136 cm³/mol.